The van der Waals surface area contributed by atoms with Crippen LogP contribution in [0.5, 0.6) is 0 Å². The van der Waals surface area contributed by atoms with E-state index in [1.165, 1.54) is 18.2 Å². The second-order valence-electron chi connectivity index (χ2n) is 3.88. The highest BCUT2D eigenvalue weighted by atomic mass is 19.1. The molecule has 0 aliphatic carbocycles. The quantitative estimate of drug-likeness (QED) is 0.786. The van der Waals surface area contributed by atoms with Crippen LogP contribution in [-0.2, 0) is 4.79 Å². The molecule has 0 bridgehead atoms. The maximum Gasteiger partial charge on any atom is 0.246 e. The molecule has 1 aromatic carbocycles. The molecule has 0 spiro atoms. The molecule has 1 amide bonds. The van der Waals surface area contributed by atoms with Gasteiger partial charge in [-0.2, -0.15) is 0 Å². The maximum atomic E-state index is 12.9. The Morgan fingerprint density at radius 3 is 2.89 bits per heavy atom. The summed E-state index contributed by atoms with van der Waals surface area (Å²) in [7, 11) is 0. The second-order valence-corrected chi connectivity index (χ2v) is 3.88. The molecular weight excluding hydrogens is 233 g/mol. The molecule has 0 unspecified atom stereocenters. The first-order chi connectivity index (χ1) is 8.67. The molecule has 0 radical (unpaired) electrons. The van der Waals surface area contributed by atoms with Crippen molar-refractivity contribution in [2.75, 3.05) is 19.7 Å². The Bertz CT molecular complexity index is 418. The normalized spacial score (nSPS) is 10.8. The Hall–Kier alpha value is -1.68. The van der Waals surface area contributed by atoms with E-state index in [-0.39, 0.29) is 18.3 Å². The highest BCUT2D eigenvalue weighted by Crippen LogP contribution is 2.06. The van der Waals surface area contributed by atoms with Crippen LogP contribution in [-0.4, -0.2) is 35.6 Å². The van der Waals surface area contributed by atoms with Crippen molar-refractivity contribution in [1.29, 1.82) is 0 Å². The lowest BCUT2D eigenvalue weighted by molar-refractivity contribution is -0.125. The van der Waals surface area contributed by atoms with Gasteiger partial charge in [0.1, 0.15) is 5.82 Å². The first kappa shape index (κ1) is 14.4. The summed E-state index contributed by atoms with van der Waals surface area (Å²) in [5.41, 5.74) is 0.654. The van der Waals surface area contributed by atoms with Crippen molar-refractivity contribution < 1.29 is 14.3 Å². The SMILES string of the molecule is CCN(CCCO)C(=O)/C=C/c1cccc(F)c1. The van der Waals surface area contributed by atoms with Crippen LogP contribution in [0.25, 0.3) is 6.08 Å². The van der Waals surface area contributed by atoms with E-state index in [9.17, 15) is 9.18 Å². The predicted octanol–water partition coefficient (Wildman–Crippen LogP) is 2.07. The number of halogens is 1. The van der Waals surface area contributed by atoms with E-state index in [0.29, 0.717) is 25.1 Å². The van der Waals surface area contributed by atoms with Gasteiger partial charge in [-0.15, -0.1) is 0 Å². The number of likely N-dealkylation sites (N-methyl/N-ethyl adjacent to an activating group) is 1. The standard InChI is InChI=1S/C14H18FNO2/c1-2-16(9-4-10-17)14(18)8-7-12-5-3-6-13(15)11-12/h3,5-8,11,17H,2,4,9-10H2,1H3/b8-7+. The number of aliphatic hydroxyl groups is 1. The minimum absolute atomic E-state index is 0.0669. The Labute approximate surface area is 107 Å². The first-order valence-corrected chi connectivity index (χ1v) is 6.00. The predicted molar refractivity (Wildman–Crippen MR) is 69.4 cm³/mol. The molecule has 18 heavy (non-hydrogen) atoms. The van der Waals surface area contributed by atoms with Gasteiger partial charge >= 0.3 is 0 Å². The average molecular weight is 251 g/mol. The molecular formula is C14H18FNO2. The van der Waals surface area contributed by atoms with Crippen LogP contribution in [0.2, 0.25) is 0 Å². The third-order valence-corrected chi connectivity index (χ3v) is 2.55. The molecule has 0 aliphatic rings. The van der Waals surface area contributed by atoms with Crippen LogP contribution < -0.4 is 0 Å². The third kappa shape index (κ3) is 4.67. The van der Waals surface area contributed by atoms with Gasteiger partial charge in [-0.25, -0.2) is 4.39 Å². The molecule has 1 rings (SSSR count). The fourth-order valence-corrected chi connectivity index (χ4v) is 1.57. The van der Waals surface area contributed by atoms with Gasteiger partial charge in [0.2, 0.25) is 5.91 Å². The minimum atomic E-state index is -0.322. The van der Waals surface area contributed by atoms with Gasteiger partial charge in [0.25, 0.3) is 0 Å². The van der Waals surface area contributed by atoms with Crippen LogP contribution in [0.3, 0.4) is 0 Å². The zero-order valence-corrected chi connectivity index (χ0v) is 10.5. The molecule has 0 fully saturated rings. The molecule has 0 heterocycles. The lowest BCUT2D eigenvalue weighted by Gasteiger charge is -2.18. The van der Waals surface area contributed by atoms with E-state index < -0.39 is 0 Å². The monoisotopic (exact) mass is 251 g/mol. The zero-order chi connectivity index (χ0) is 13.4. The number of rotatable bonds is 6. The average Bonchev–Trinajstić information content (AvgIpc) is 2.37. The topological polar surface area (TPSA) is 40.5 Å². The van der Waals surface area contributed by atoms with Crippen LogP contribution in [0, 0.1) is 5.82 Å². The largest absolute Gasteiger partial charge is 0.396 e. The number of amides is 1. The summed E-state index contributed by atoms with van der Waals surface area (Å²) in [4.78, 5) is 13.4. The molecule has 0 aromatic heterocycles. The summed E-state index contributed by atoms with van der Waals surface area (Å²) >= 11 is 0. The van der Waals surface area contributed by atoms with E-state index in [4.69, 9.17) is 5.11 Å². The van der Waals surface area contributed by atoms with Crippen molar-refractivity contribution in [3.63, 3.8) is 0 Å². The van der Waals surface area contributed by atoms with Gasteiger partial charge < -0.3 is 10.0 Å². The number of hydrogen-bond donors (Lipinski definition) is 1. The number of carbonyl (C=O) groups is 1. The van der Waals surface area contributed by atoms with Crippen LogP contribution in [0.4, 0.5) is 4.39 Å². The van der Waals surface area contributed by atoms with Crippen molar-refractivity contribution in [2.45, 2.75) is 13.3 Å². The van der Waals surface area contributed by atoms with E-state index in [1.807, 2.05) is 6.92 Å². The fourth-order valence-electron chi connectivity index (χ4n) is 1.57. The summed E-state index contributed by atoms with van der Waals surface area (Å²) in [5.74, 6) is -0.451. The molecule has 0 saturated carbocycles. The second kappa shape index (κ2) is 7.61. The first-order valence-electron chi connectivity index (χ1n) is 6.00. The van der Waals surface area contributed by atoms with E-state index in [2.05, 4.69) is 0 Å². The van der Waals surface area contributed by atoms with Gasteiger partial charge in [0.05, 0.1) is 0 Å². The van der Waals surface area contributed by atoms with Gasteiger partial charge in [-0.3, -0.25) is 4.79 Å². The van der Waals surface area contributed by atoms with Crippen molar-refractivity contribution in [2.24, 2.45) is 0 Å². The van der Waals surface area contributed by atoms with Crippen molar-refractivity contribution in [3.05, 3.63) is 41.7 Å². The number of benzene rings is 1. The molecule has 0 saturated heterocycles. The van der Waals surface area contributed by atoms with Crippen molar-refractivity contribution >= 4 is 12.0 Å². The highest BCUT2D eigenvalue weighted by molar-refractivity contribution is 5.91. The molecule has 1 N–H and O–H groups in total. The molecule has 0 atom stereocenters. The van der Waals surface area contributed by atoms with Crippen molar-refractivity contribution in [3.8, 4) is 0 Å². The van der Waals surface area contributed by atoms with E-state index in [0.717, 1.165) is 0 Å². The Kier molecular flexibility index (Phi) is 6.08. The zero-order valence-electron chi connectivity index (χ0n) is 10.5. The number of nitrogens with zero attached hydrogens (tertiary/aromatic N) is 1. The van der Waals surface area contributed by atoms with Gasteiger partial charge in [0.15, 0.2) is 0 Å². The lowest BCUT2D eigenvalue weighted by atomic mass is 10.2. The van der Waals surface area contributed by atoms with E-state index in [1.54, 1.807) is 23.1 Å². The van der Waals surface area contributed by atoms with Gasteiger partial charge in [-0.05, 0) is 37.1 Å². The molecule has 98 valence electrons. The summed E-state index contributed by atoms with van der Waals surface area (Å²) in [6.45, 7) is 3.06. The number of aliphatic hydroxyl groups excluding tert-OH is 1. The Morgan fingerprint density at radius 1 is 1.50 bits per heavy atom. The molecule has 1 aromatic rings. The van der Waals surface area contributed by atoms with Crippen LogP contribution >= 0.6 is 0 Å². The summed E-state index contributed by atoms with van der Waals surface area (Å²) < 4.78 is 12.9. The van der Waals surface area contributed by atoms with Gasteiger partial charge in [-0.1, -0.05) is 12.1 Å². The lowest BCUT2D eigenvalue weighted by Crippen LogP contribution is -2.30. The van der Waals surface area contributed by atoms with Crippen LogP contribution in [0.1, 0.15) is 18.9 Å². The molecule has 3 nitrogen and oxygen atoms in total. The van der Waals surface area contributed by atoms with Gasteiger partial charge in [0, 0.05) is 25.8 Å². The van der Waals surface area contributed by atoms with E-state index >= 15 is 0 Å². The van der Waals surface area contributed by atoms with Crippen molar-refractivity contribution in [1.82, 2.24) is 4.90 Å². The summed E-state index contributed by atoms with van der Waals surface area (Å²) in [5, 5.41) is 8.73. The number of hydrogen-bond acceptors (Lipinski definition) is 2. The maximum absolute atomic E-state index is 12.9. The molecule has 4 heteroatoms. The number of carbonyl (C=O) groups excluding carboxylic acids is 1. The molecule has 0 aliphatic heterocycles. The summed E-state index contributed by atoms with van der Waals surface area (Å²) in [6, 6.07) is 6.06. The third-order valence-electron chi connectivity index (χ3n) is 2.55. The summed E-state index contributed by atoms with van der Waals surface area (Å²) in [6.07, 6.45) is 3.58. The minimum Gasteiger partial charge on any atom is -0.396 e. The highest BCUT2D eigenvalue weighted by Gasteiger charge is 2.06. The smallest absolute Gasteiger partial charge is 0.246 e. The Balaban J connectivity index is 2.62. The fraction of sp³-hybridized carbons (Fsp3) is 0.357. The van der Waals surface area contributed by atoms with Crippen LogP contribution in [0.15, 0.2) is 30.3 Å². The Morgan fingerprint density at radius 2 is 2.28 bits per heavy atom.